The lowest BCUT2D eigenvalue weighted by molar-refractivity contribution is -0.124. The van der Waals surface area contributed by atoms with Crippen molar-refractivity contribution < 1.29 is 29.0 Å². The van der Waals surface area contributed by atoms with Gasteiger partial charge in [-0.1, -0.05) is 60.7 Å². The number of carbonyl (C=O) groups is 3. The molecule has 1 atom stereocenters. The molecule has 0 saturated carbocycles. The van der Waals surface area contributed by atoms with Crippen LogP contribution in [0.1, 0.15) is 33.0 Å². The Morgan fingerprint density at radius 3 is 2.23 bits per heavy atom. The number of nitrogens with one attached hydrogen (secondary N) is 2. The van der Waals surface area contributed by atoms with Crippen molar-refractivity contribution in [1.82, 2.24) is 10.6 Å². The molecule has 180 valence electrons. The Morgan fingerprint density at radius 2 is 1.60 bits per heavy atom. The van der Waals surface area contributed by atoms with Gasteiger partial charge in [-0.15, -0.1) is 0 Å². The summed E-state index contributed by atoms with van der Waals surface area (Å²) >= 11 is 0. The molecule has 0 radical (unpaired) electrons. The number of aromatic carboxylic acids is 1. The first-order chi connectivity index (χ1) is 17.0. The zero-order chi connectivity index (χ0) is 24.8. The lowest BCUT2D eigenvalue weighted by Gasteiger charge is -2.19. The summed E-state index contributed by atoms with van der Waals surface area (Å²) in [6.07, 6.45) is -0.725. The van der Waals surface area contributed by atoms with Gasteiger partial charge in [0.1, 0.15) is 12.6 Å². The average Bonchev–Trinajstić information content (AvgIpc) is 3.19. The molecular weight excluding hydrogens is 448 g/mol. The highest BCUT2D eigenvalue weighted by atomic mass is 16.5. The second kappa shape index (κ2) is 10.8. The maximum absolute atomic E-state index is 12.7. The lowest BCUT2D eigenvalue weighted by Crippen LogP contribution is -2.49. The second-order valence-electron chi connectivity index (χ2n) is 8.20. The standard InChI is InChI=1S/C27H26N2O6/c1-34-16-24(25(30)28-14-17-7-6-8-18(13-17)26(31)32)29-27(33)35-15-23-21-11-4-2-9-19(21)20-10-3-5-12-22(20)23/h2-13,23-24H,14-16H2,1H3,(H,28,30)(H,29,33)(H,31,32). The van der Waals surface area contributed by atoms with Gasteiger partial charge in [-0.05, 0) is 39.9 Å². The van der Waals surface area contributed by atoms with Gasteiger partial charge in [0.05, 0.1) is 12.2 Å². The fraction of sp³-hybridized carbons (Fsp3) is 0.222. The van der Waals surface area contributed by atoms with Crippen molar-refractivity contribution >= 4 is 18.0 Å². The van der Waals surface area contributed by atoms with E-state index in [0.29, 0.717) is 5.56 Å². The van der Waals surface area contributed by atoms with Crippen molar-refractivity contribution in [3.8, 4) is 11.1 Å². The van der Waals surface area contributed by atoms with E-state index < -0.39 is 24.0 Å². The zero-order valence-electron chi connectivity index (χ0n) is 19.2. The molecule has 2 amide bonds. The summed E-state index contributed by atoms with van der Waals surface area (Å²) in [5.41, 5.74) is 5.19. The van der Waals surface area contributed by atoms with Gasteiger partial charge in [0.2, 0.25) is 5.91 Å². The highest BCUT2D eigenvalue weighted by Gasteiger charge is 2.29. The first kappa shape index (κ1) is 24.0. The molecule has 1 unspecified atom stereocenters. The highest BCUT2D eigenvalue weighted by molar-refractivity contribution is 5.88. The molecule has 0 saturated heterocycles. The summed E-state index contributed by atoms with van der Waals surface area (Å²) < 4.78 is 10.6. The number of amides is 2. The molecule has 0 aromatic heterocycles. The minimum absolute atomic E-state index is 0.0504. The summed E-state index contributed by atoms with van der Waals surface area (Å²) in [5.74, 6) is -1.61. The van der Waals surface area contributed by atoms with E-state index in [0.717, 1.165) is 22.3 Å². The van der Waals surface area contributed by atoms with Crippen LogP contribution in [0.2, 0.25) is 0 Å². The first-order valence-corrected chi connectivity index (χ1v) is 11.2. The molecule has 4 rings (SSSR count). The smallest absolute Gasteiger partial charge is 0.407 e. The molecule has 0 fully saturated rings. The molecule has 8 heteroatoms. The fourth-order valence-corrected chi connectivity index (χ4v) is 4.26. The Balaban J connectivity index is 1.36. The van der Waals surface area contributed by atoms with E-state index in [1.165, 1.54) is 19.2 Å². The second-order valence-corrected chi connectivity index (χ2v) is 8.20. The summed E-state index contributed by atoms with van der Waals surface area (Å²) in [4.78, 5) is 36.4. The number of carboxylic acids is 1. The van der Waals surface area contributed by atoms with Crippen LogP contribution >= 0.6 is 0 Å². The first-order valence-electron chi connectivity index (χ1n) is 11.2. The number of carboxylic acid groups (broad SMARTS) is 1. The van der Waals surface area contributed by atoms with Gasteiger partial charge in [0.15, 0.2) is 0 Å². The molecule has 0 spiro atoms. The van der Waals surface area contributed by atoms with Crippen molar-refractivity contribution in [3.05, 3.63) is 95.1 Å². The molecule has 3 aromatic rings. The van der Waals surface area contributed by atoms with Gasteiger partial charge in [-0.3, -0.25) is 4.79 Å². The van der Waals surface area contributed by atoms with Crippen molar-refractivity contribution in [2.24, 2.45) is 0 Å². The van der Waals surface area contributed by atoms with E-state index in [2.05, 4.69) is 22.8 Å². The van der Waals surface area contributed by atoms with Crippen LogP contribution in [0, 0.1) is 0 Å². The SMILES string of the molecule is COCC(NC(=O)OCC1c2ccccc2-c2ccccc21)C(=O)NCc1cccc(C(=O)O)c1. The minimum Gasteiger partial charge on any atom is -0.478 e. The molecule has 3 aromatic carbocycles. The van der Waals surface area contributed by atoms with Gasteiger partial charge < -0.3 is 25.2 Å². The number of ether oxygens (including phenoxy) is 2. The zero-order valence-corrected chi connectivity index (χ0v) is 19.2. The third kappa shape index (κ3) is 5.50. The average molecular weight is 475 g/mol. The van der Waals surface area contributed by atoms with Crippen LogP contribution in [0.5, 0.6) is 0 Å². The third-order valence-corrected chi connectivity index (χ3v) is 5.93. The van der Waals surface area contributed by atoms with E-state index in [4.69, 9.17) is 14.6 Å². The molecule has 8 nitrogen and oxygen atoms in total. The van der Waals surface area contributed by atoms with Crippen molar-refractivity contribution in [1.29, 1.82) is 0 Å². The van der Waals surface area contributed by atoms with Crippen molar-refractivity contribution in [3.63, 3.8) is 0 Å². The number of hydrogen-bond acceptors (Lipinski definition) is 5. The van der Waals surface area contributed by atoms with E-state index in [-0.39, 0.29) is 31.2 Å². The van der Waals surface area contributed by atoms with Crippen LogP contribution in [0.3, 0.4) is 0 Å². The molecule has 3 N–H and O–H groups in total. The number of benzene rings is 3. The maximum atomic E-state index is 12.7. The summed E-state index contributed by atoms with van der Waals surface area (Å²) in [5, 5.41) is 14.4. The Bertz CT molecular complexity index is 1200. The van der Waals surface area contributed by atoms with E-state index in [1.807, 2.05) is 36.4 Å². The van der Waals surface area contributed by atoms with Crippen LogP contribution in [-0.2, 0) is 20.8 Å². The minimum atomic E-state index is -1.05. The summed E-state index contributed by atoms with van der Waals surface area (Å²) in [7, 11) is 1.43. The quantitative estimate of drug-likeness (QED) is 0.437. The van der Waals surface area contributed by atoms with Gasteiger partial charge in [0, 0.05) is 19.6 Å². The highest BCUT2D eigenvalue weighted by Crippen LogP contribution is 2.44. The molecule has 0 bridgehead atoms. The fourth-order valence-electron chi connectivity index (χ4n) is 4.26. The van der Waals surface area contributed by atoms with Crippen molar-refractivity contribution in [2.75, 3.05) is 20.3 Å². The van der Waals surface area contributed by atoms with Gasteiger partial charge in [-0.2, -0.15) is 0 Å². The van der Waals surface area contributed by atoms with Gasteiger partial charge in [-0.25, -0.2) is 9.59 Å². The molecule has 1 aliphatic carbocycles. The predicted octanol–water partition coefficient (Wildman–Crippen LogP) is 3.55. The number of rotatable bonds is 9. The Kier molecular flexibility index (Phi) is 7.42. The Morgan fingerprint density at radius 1 is 0.943 bits per heavy atom. The van der Waals surface area contributed by atoms with Crippen LogP contribution < -0.4 is 10.6 Å². The predicted molar refractivity (Wildman–Crippen MR) is 129 cm³/mol. The number of carbonyl (C=O) groups excluding carboxylic acids is 2. The lowest BCUT2D eigenvalue weighted by atomic mass is 9.98. The maximum Gasteiger partial charge on any atom is 0.407 e. The van der Waals surface area contributed by atoms with Crippen LogP contribution in [0.4, 0.5) is 4.79 Å². The molecular formula is C27H26N2O6. The number of methoxy groups -OCH3 is 1. The molecule has 0 aliphatic heterocycles. The van der Waals surface area contributed by atoms with Gasteiger partial charge >= 0.3 is 12.1 Å². The van der Waals surface area contributed by atoms with E-state index in [1.54, 1.807) is 12.1 Å². The Labute approximate surface area is 202 Å². The molecule has 0 heterocycles. The summed E-state index contributed by atoms with van der Waals surface area (Å²) in [6.45, 7) is 0.181. The van der Waals surface area contributed by atoms with Crippen LogP contribution in [0.15, 0.2) is 72.8 Å². The van der Waals surface area contributed by atoms with E-state index >= 15 is 0 Å². The number of fused-ring (bicyclic) bond motifs is 3. The topological polar surface area (TPSA) is 114 Å². The number of hydrogen-bond donors (Lipinski definition) is 3. The molecule has 35 heavy (non-hydrogen) atoms. The third-order valence-electron chi connectivity index (χ3n) is 5.93. The monoisotopic (exact) mass is 474 g/mol. The van der Waals surface area contributed by atoms with E-state index in [9.17, 15) is 14.4 Å². The van der Waals surface area contributed by atoms with Crippen molar-refractivity contribution in [2.45, 2.75) is 18.5 Å². The summed E-state index contributed by atoms with van der Waals surface area (Å²) in [6, 6.07) is 21.3. The Hall–Kier alpha value is -4.17. The molecule has 1 aliphatic rings. The van der Waals surface area contributed by atoms with Crippen LogP contribution in [-0.4, -0.2) is 49.4 Å². The van der Waals surface area contributed by atoms with Gasteiger partial charge in [0.25, 0.3) is 0 Å². The van der Waals surface area contributed by atoms with Crippen LogP contribution in [0.25, 0.3) is 11.1 Å². The normalized spacial score (nSPS) is 12.8. The largest absolute Gasteiger partial charge is 0.478 e. The number of alkyl carbamates (subject to hydrolysis) is 1.